The molecular weight excluding hydrogens is 258 g/mol. The lowest BCUT2D eigenvalue weighted by molar-refractivity contribution is -0.0586. The summed E-state index contributed by atoms with van der Waals surface area (Å²) in [5.41, 5.74) is 0.572. The van der Waals surface area contributed by atoms with Crippen molar-refractivity contribution in [3.63, 3.8) is 0 Å². The van der Waals surface area contributed by atoms with Gasteiger partial charge in [-0.1, -0.05) is 0 Å². The normalized spacial score (nSPS) is 22.5. The van der Waals surface area contributed by atoms with Crippen LogP contribution >= 0.6 is 0 Å². The molecule has 1 aliphatic heterocycles. The van der Waals surface area contributed by atoms with E-state index in [1.165, 1.54) is 0 Å². The molecule has 0 radical (unpaired) electrons. The van der Waals surface area contributed by atoms with E-state index in [0.29, 0.717) is 30.2 Å². The number of nitrogens with zero attached hydrogens (tertiary/aromatic N) is 1. The van der Waals surface area contributed by atoms with E-state index in [2.05, 4.69) is 0 Å². The Hall–Kier alpha value is -1.75. The summed E-state index contributed by atoms with van der Waals surface area (Å²) in [4.78, 5) is 14.4. The number of methoxy groups -OCH3 is 2. The van der Waals surface area contributed by atoms with Crippen LogP contribution in [0.1, 0.15) is 24.2 Å². The lowest BCUT2D eigenvalue weighted by Crippen LogP contribution is -2.48. The van der Waals surface area contributed by atoms with Gasteiger partial charge in [-0.25, -0.2) is 0 Å². The first-order chi connectivity index (χ1) is 9.53. The van der Waals surface area contributed by atoms with Gasteiger partial charge in [-0.3, -0.25) is 4.79 Å². The number of benzene rings is 1. The quantitative estimate of drug-likeness (QED) is 0.848. The number of hydrogen-bond acceptors (Lipinski definition) is 4. The summed E-state index contributed by atoms with van der Waals surface area (Å²) in [5.74, 6) is 1.20. The second kappa shape index (κ2) is 6.13. The standard InChI is InChI=1S/C15H21NO4/c1-10-8-16(9-11(2)20-10)15(17)12-5-13(18-3)7-14(6-12)19-4/h5-7,10-11H,8-9H2,1-4H3/t10-,11+. The van der Waals surface area contributed by atoms with Crippen molar-refractivity contribution in [1.29, 1.82) is 0 Å². The Bertz CT molecular complexity index is 457. The zero-order valence-electron chi connectivity index (χ0n) is 12.4. The van der Waals surface area contributed by atoms with Crippen LogP contribution in [0.15, 0.2) is 18.2 Å². The average molecular weight is 279 g/mol. The van der Waals surface area contributed by atoms with Gasteiger partial charge in [0.15, 0.2) is 0 Å². The van der Waals surface area contributed by atoms with Crippen molar-refractivity contribution < 1.29 is 19.0 Å². The highest BCUT2D eigenvalue weighted by Gasteiger charge is 2.27. The van der Waals surface area contributed by atoms with Gasteiger partial charge in [0.25, 0.3) is 5.91 Å². The smallest absolute Gasteiger partial charge is 0.254 e. The van der Waals surface area contributed by atoms with Crippen molar-refractivity contribution in [2.45, 2.75) is 26.1 Å². The zero-order valence-corrected chi connectivity index (χ0v) is 12.4. The molecular formula is C15H21NO4. The van der Waals surface area contributed by atoms with E-state index in [9.17, 15) is 4.79 Å². The van der Waals surface area contributed by atoms with E-state index in [1.54, 1.807) is 32.4 Å². The summed E-state index contributed by atoms with van der Waals surface area (Å²) >= 11 is 0. The molecule has 0 bridgehead atoms. The number of carbonyl (C=O) groups excluding carboxylic acids is 1. The molecule has 20 heavy (non-hydrogen) atoms. The number of carbonyl (C=O) groups is 1. The van der Waals surface area contributed by atoms with Crippen LogP contribution in [0.5, 0.6) is 11.5 Å². The van der Waals surface area contributed by atoms with Crippen molar-refractivity contribution in [3.8, 4) is 11.5 Å². The third kappa shape index (κ3) is 3.22. The van der Waals surface area contributed by atoms with Gasteiger partial charge in [0, 0.05) is 24.7 Å². The van der Waals surface area contributed by atoms with E-state index in [1.807, 2.05) is 18.7 Å². The van der Waals surface area contributed by atoms with Crippen LogP contribution in [0.4, 0.5) is 0 Å². The minimum Gasteiger partial charge on any atom is -0.497 e. The molecule has 0 saturated carbocycles. The number of hydrogen-bond donors (Lipinski definition) is 0. The van der Waals surface area contributed by atoms with Gasteiger partial charge in [0.2, 0.25) is 0 Å². The van der Waals surface area contributed by atoms with Crippen LogP contribution in [0, 0.1) is 0 Å². The minimum atomic E-state index is -0.0239. The van der Waals surface area contributed by atoms with Crippen molar-refractivity contribution in [1.82, 2.24) is 4.90 Å². The second-order valence-electron chi connectivity index (χ2n) is 5.07. The molecule has 2 atom stereocenters. The van der Waals surface area contributed by atoms with E-state index in [0.717, 1.165) is 0 Å². The van der Waals surface area contributed by atoms with E-state index < -0.39 is 0 Å². The molecule has 0 aliphatic carbocycles. The van der Waals surface area contributed by atoms with Gasteiger partial charge in [-0.05, 0) is 26.0 Å². The molecule has 1 aromatic rings. The largest absolute Gasteiger partial charge is 0.497 e. The molecule has 0 unspecified atom stereocenters. The summed E-state index contributed by atoms with van der Waals surface area (Å²) in [6.45, 7) is 5.15. The van der Waals surface area contributed by atoms with Gasteiger partial charge in [0.1, 0.15) is 11.5 Å². The van der Waals surface area contributed by atoms with E-state index in [4.69, 9.17) is 14.2 Å². The summed E-state index contributed by atoms with van der Waals surface area (Å²) < 4.78 is 16.1. The Balaban J connectivity index is 2.23. The molecule has 1 aliphatic rings. The van der Waals surface area contributed by atoms with Gasteiger partial charge in [0.05, 0.1) is 26.4 Å². The molecule has 5 heteroatoms. The average Bonchev–Trinajstić information content (AvgIpc) is 2.44. The molecule has 5 nitrogen and oxygen atoms in total. The first-order valence-corrected chi connectivity index (χ1v) is 6.71. The molecule has 1 saturated heterocycles. The highest BCUT2D eigenvalue weighted by molar-refractivity contribution is 5.95. The van der Waals surface area contributed by atoms with Crippen LogP contribution < -0.4 is 9.47 Å². The maximum atomic E-state index is 12.6. The Kier molecular flexibility index (Phi) is 4.49. The van der Waals surface area contributed by atoms with Crippen molar-refractivity contribution >= 4 is 5.91 Å². The fraction of sp³-hybridized carbons (Fsp3) is 0.533. The maximum Gasteiger partial charge on any atom is 0.254 e. The van der Waals surface area contributed by atoms with Crippen LogP contribution in [-0.2, 0) is 4.74 Å². The highest BCUT2D eigenvalue weighted by atomic mass is 16.5. The SMILES string of the molecule is COc1cc(OC)cc(C(=O)N2C[C@@H](C)O[C@@H](C)C2)c1. The van der Waals surface area contributed by atoms with Crippen LogP contribution in [0.25, 0.3) is 0 Å². The van der Waals surface area contributed by atoms with Crippen LogP contribution in [-0.4, -0.2) is 50.3 Å². The van der Waals surface area contributed by atoms with Gasteiger partial charge < -0.3 is 19.1 Å². The molecule has 110 valence electrons. The van der Waals surface area contributed by atoms with Crippen LogP contribution in [0.2, 0.25) is 0 Å². The molecule has 1 amide bonds. The van der Waals surface area contributed by atoms with Crippen molar-refractivity contribution in [2.24, 2.45) is 0 Å². The third-order valence-corrected chi connectivity index (χ3v) is 3.31. The van der Waals surface area contributed by atoms with Gasteiger partial charge in [-0.2, -0.15) is 0 Å². The fourth-order valence-electron chi connectivity index (χ4n) is 2.46. The molecule has 1 aromatic carbocycles. The van der Waals surface area contributed by atoms with E-state index in [-0.39, 0.29) is 18.1 Å². The number of amides is 1. The third-order valence-electron chi connectivity index (χ3n) is 3.31. The minimum absolute atomic E-state index is 0.0239. The second-order valence-corrected chi connectivity index (χ2v) is 5.07. The monoisotopic (exact) mass is 279 g/mol. The summed E-state index contributed by atoms with van der Waals surface area (Å²) in [6, 6.07) is 5.21. The van der Waals surface area contributed by atoms with Crippen molar-refractivity contribution in [3.05, 3.63) is 23.8 Å². The Labute approximate surface area is 119 Å². The van der Waals surface area contributed by atoms with Crippen LogP contribution in [0.3, 0.4) is 0 Å². The fourth-order valence-corrected chi connectivity index (χ4v) is 2.46. The molecule has 1 fully saturated rings. The lowest BCUT2D eigenvalue weighted by Gasteiger charge is -2.35. The summed E-state index contributed by atoms with van der Waals surface area (Å²) in [5, 5.41) is 0. The molecule has 2 rings (SSSR count). The molecule has 0 spiro atoms. The summed E-state index contributed by atoms with van der Waals surface area (Å²) in [6.07, 6.45) is 0.102. The zero-order chi connectivity index (χ0) is 14.7. The Morgan fingerprint density at radius 1 is 1.10 bits per heavy atom. The van der Waals surface area contributed by atoms with E-state index >= 15 is 0 Å². The molecule has 1 heterocycles. The first kappa shape index (κ1) is 14.7. The summed E-state index contributed by atoms with van der Waals surface area (Å²) in [7, 11) is 3.14. The number of ether oxygens (including phenoxy) is 3. The Morgan fingerprint density at radius 2 is 1.60 bits per heavy atom. The molecule has 0 N–H and O–H groups in total. The number of rotatable bonds is 3. The lowest BCUT2D eigenvalue weighted by atomic mass is 10.1. The predicted molar refractivity (Wildman–Crippen MR) is 75.5 cm³/mol. The van der Waals surface area contributed by atoms with Gasteiger partial charge >= 0.3 is 0 Å². The predicted octanol–water partition coefficient (Wildman–Crippen LogP) is 1.95. The molecule has 0 aromatic heterocycles. The van der Waals surface area contributed by atoms with Gasteiger partial charge in [-0.15, -0.1) is 0 Å². The van der Waals surface area contributed by atoms with Crippen molar-refractivity contribution in [2.75, 3.05) is 27.3 Å². The highest BCUT2D eigenvalue weighted by Crippen LogP contribution is 2.24. The maximum absolute atomic E-state index is 12.6. The number of morpholine rings is 1. The Morgan fingerprint density at radius 3 is 2.05 bits per heavy atom. The topological polar surface area (TPSA) is 48.0 Å². The first-order valence-electron chi connectivity index (χ1n) is 6.71.